The van der Waals surface area contributed by atoms with E-state index < -0.39 is 0 Å². The lowest BCUT2D eigenvalue weighted by Crippen LogP contribution is -1.67. The molecule has 0 spiro atoms. The molecule has 0 aliphatic rings. The van der Waals surface area contributed by atoms with Gasteiger partial charge in [-0.15, -0.1) is 0 Å². The fraction of sp³-hybridized carbons (Fsp3) is 0.250. The van der Waals surface area contributed by atoms with Gasteiger partial charge in [0.1, 0.15) is 0 Å². The number of hydrogen-bond donors (Lipinski definition) is 0. The summed E-state index contributed by atoms with van der Waals surface area (Å²) >= 11 is 0. The second kappa shape index (κ2) is 12.6. The molecule has 2 rings (SSSR count). The predicted octanol–water partition coefficient (Wildman–Crippen LogP) is 6.54. The molecule has 0 bridgehead atoms. The van der Waals surface area contributed by atoms with Crippen LogP contribution >= 0.6 is 21.6 Å². The van der Waals surface area contributed by atoms with Crippen molar-refractivity contribution in [3.63, 3.8) is 0 Å². The summed E-state index contributed by atoms with van der Waals surface area (Å²) in [7, 11) is 3.58. The molecule has 0 N–H and O–H groups in total. The van der Waals surface area contributed by atoms with Crippen LogP contribution in [0.4, 0.5) is 0 Å². The summed E-state index contributed by atoms with van der Waals surface area (Å²) in [4.78, 5) is 2.59. The number of hydrogen-bond acceptors (Lipinski definition) is 2. The lowest BCUT2D eigenvalue weighted by molar-refractivity contribution is 1.47. The van der Waals surface area contributed by atoms with Crippen LogP contribution in [-0.4, -0.2) is 0 Å². The molecule has 0 aliphatic carbocycles. The Labute approximate surface area is 120 Å². The summed E-state index contributed by atoms with van der Waals surface area (Å²) < 4.78 is 0. The van der Waals surface area contributed by atoms with Crippen molar-refractivity contribution < 1.29 is 0 Å². The molecule has 0 nitrogen and oxygen atoms in total. The van der Waals surface area contributed by atoms with Gasteiger partial charge in [0.25, 0.3) is 0 Å². The van der Waals surface area contributed by atoms with Crippen molar-refractivity contribution in [3.8, 4) is 0 Å². The Bertz CT molecular complexity index is 331. The van der Waals surface area contributed by atoms with Gasteiger partial charge >= 0.3 is 0 Å². The maximum Gasteiger partial charge on any atom is 0.0186 e. The molecule has 0 aliphatic heterocycles. The molecule has 2 aromatic carbocycles. The smallest absolute Gasteiger partial charge is 0.0186 e. The molecule has 0 unspecified atom stereocenters. The van der Waals surface area contributed by atoms with E-state index in [0.717, 1.165) is 0 Å². The second-order valence-electron chi connectivity index (χ2n) is 2.79. The van der Waals surface area contributed by atoms with Crippen molar-refractivity contribution in [2.24, 2.45) is 0 Å². The Hall–Kier alpha value is -0.860. The molecule has 18 heavy (non-hydrogen) atoms. The van der Waals surface area contributed by atoms with E-state index in [1.807, 2.05) is 39.8 Å². The van der Waals surface area contributed by atoms with Gasteiger partial charge in [-0.1, -0.05) is 85.7 Å². The fourth-order valence-electron chi connectivity index (χ4n) is 1.05. The van der Waals surface area contributed by atoms with Gasteiger partial charge in [0.2, 0.25) is 0 Å². The molecule has 0 aromatic heterocycles. The third-order valence-electron chi connectivity index (χ3n) is 1.72. The molecule has 0 saturated heterocycles. The van der Waals surface area contributed by atoms with E-state index in [9.17, 15) is 0 Å². The summed E-state index contributed by atoms with van der Waals surface area (Å²) in [6.45, 7) is 8.00. The lowest BCUT2D eigenvalue weighted by Gasteiger charge is -1.99. The van der Waals surface area contributed by atoms with Gasteiger partial charge in [-0.25, -0.2) is 0 Å². The minimum atomic E-state index is 1.29. The Balaban J connectivity index is 0.000000659. The van der Waals surface area contributed by atoms with Gasteiger partial charge in [-0.2, -0.15) is 0 Å². The standard InChI is InChI=1S/C12H10S2.2C2H6/c1-3-7-11(8-4-1)13-14-12-9-5-2-6-10-12;2*1-2/h1-10H;2*1-2H3. The van der Waals surface area contributed by atoms with Crippen molar-refractivity contribution in [3.05, 3.63) is 60.7 Å². The Morgan fingerprint density at radius 1 is 0.500 bits per heavy atom. The molecule has 2 heteroatoms. The highest BCUT2D eigenvalue weighted by atomic mass is 33.1. The van der Waals surface area contributed by atoms with Gasteiger partial charge in [0, 0.05) is 9.79 Å². The molecule has 0 radical (unpaired) electrons. The monoisotopic (exact) mass is 278 g/mol. The summed E-state index contributed by atoms with van der Waals surface area (Å²) in [6, 6.07) is 20.8. The maximum absolute atomic E-state index is 2.13. The first-order chi connectivity index (χ1) is 8.95. The quantitative estimate of drug-likeness (QED) is 0.585. The third-order valence-corrected chi connectivity index (χ3v) is 4.14. The van der Waals surface area contributed by atoms with Crippen molar-refractivity contribution in [2.75, 3.05) is 0 Å². The van der Waals surface area contributed by atoms with Crippen LogP contribution in [0, 0.1) is 0 Å². The first-order valence-electron chi connectivity index (χ1n) is 6.40. The molecule has 0 heterocycles. The van der Waals surface area contributed by atoms with Crippen molar-refractivity contribution >= 4 is 21.6 Å². The zero-order valence-corrected chi connectivity index (χ0v) is 13.2. The van der Waals surface area contributed by atoms with E-state index in [0.29, 0.717) is 0 Å². The summed E-state index contributed by atoms with van der Waals surface area (Å²) in [5, 5.41) is 0. The zero-order chi connectivity index (χ0) is 13.6. The second-order valence-corrected chi connectivity index (χ2v) is 5.07. The minimum absolute atomic E-state index is 1.29. The first-order valence-corrected chi connectivity index (χ1v) is 8.55. The summed E-state index contributed by atoms with van der Waals surface area (Å²) in [6.07, 6.45) is 0. The Kier molecular flexibility index (Phi) is 12.0. The van der Waals surface area contributed by atoms with Crippen molar-refractivity contribution in [1.29, 1.82) is 0 Å². The molecule has 0 fully saturated rings. The van der Waals surface area contributed by atoms with Gasteiger partial charge < -0.3 is 0 Å². The molecule has 0 saturated carbocycles. The predicted molar refractivity (Wildman–Crippen MR) is 87.3 cm³/mol. The number of rotatable bonds is 3. The summed E-state index contributed by atoms with van der Waals surface area (Å²) in [5.41, 5.74) is 0. The van der Waals surface area contributed by atoms with Gasteiger partial charge in [-0.05, 0) is 24.3 Å². The van der Waals surface area contributed by atoms with E-state index in [1.165, 1.54) is 9.79 Å². The average Bonchev–Trinajstić information content (AvgIpc) is 2.51. The van der Waals surface area contributed by atoms with Gasteiger partial charge in [0.15, 0.2) is 0 Å². The fourth-order valence-corrected chi connectivity index (χ4v) is 3.02. The molecule has 2 aromatic rings. The van der Waals surface area contributed by atoms with Crippen LogP contribution in [0.5, 0.6) is 0 Å². The van der Waals surface area contributed by atoms with E-state index in [-0.39, 0.29) is 0 Å². The van der Waals surface area contributed by atoms with Crippen LogP contribution < -0.4 is 0 Å². The highest BCUT2D eigenvalue weighted by Crippen LogP contribution is 2.36. The lowest BCUT2D eigenvalue weighted by atomic mass is 10.4. The molecule has 0 atom stereocenters. The highest BCUT2D eigenvalue weighted by molar-refractivity contribution is 8.76. The van der Waals surface area contributed by atoms with E-state index in [2.05, 4.69) is 48.5 Å². The van der Waals surface area contributed by atoms with E-state index in [4.69, 9.17) is 0 Å². The maximum atomic E-state index is 2.13. The van der Waals surface area contributed by atoms with E-state index >= 15 is 0 Å². The average molecular weight is 278 g/mol. The van der Waals surface area contributed by atoms with Crippen LogP contribution in [-0.2, 0) is 0 Å². The third kappa shape index (κ3) is 7.46. The molecule has 0 amide bonds. The van der Waals surface area contributed by atoms with Crippen LogP contribution in [0.2, 0.25) is 0 Å². The topological polar surface area (TPSA) is 0 Å². The normalized spacial score (nSPS) is 8.44. The van der Waals surface area contributed by atoms with Crippen molar-refractivity contribution in [2.45, 2.75) is 37.5 Å². The minimum Gasteiger partial charge on any atom is -0.0683 e. The highest BCUT2D eigenvalue weighted by Gasteiger charge is 1.94. The number of benzene rings is 2. The first kappa shape index (κ1) is 17.1. The largest absolute Gasteiger partial charge is 0.0683 e. The SMILES string of the molecule is CC.CC.c1ccc(SSc2ccccc2)cc1. The van der Waals surface area contributed by atoms with Crippen LogP contribution in [0.15, 0.2) is 70.5 Å². The molecular formula is C16H22S2. The van der Waals surface area contributed by atoms with Gasteiger partial charge in [-0.3, -0.25) is 0 Å². The zero-order valence-electron chi connectivity index (χ0n) is 11.6. The van der Waals surface area contributed by atoms with Crippen LogP contribution in [0.3, 0.4) is 0 Å². The van der Waals surface area contributed by atoms with Crippen LogP contribution in [0.25, 0.3) is 0 Å². The Morgan fingerprint density at radius 2 is 0.778 bits per heavy atom. The van der Waals surface area contributed by atoms with Crippen LogP contribution in [0.1, 0.15) is 27.7 Å². The van der Waals surface area contributed by atoms with E-state index in [1.54, 1.807) is 21.6 Å². The summed E-state index contributed by atoms with van der Waals surface area (Å²) in [5.74, 6) is 0. The Morgan fingerprint density at radius 3 is 1.06 bits per heavy atom. The van der Waals surface area contributed by atoms with Crippen molar-refractivity contribution in [1.82, 2.24) is 0 Å². The van der Waals surface area contributed by atoms with Gasteiger partial charge in [0.05, 0.1) is 0 Å². The molecule has 98 valence electrons. The molecular weight excluding hydrogens is 256 g/mol.